The summed E-state index contributed by atoms with van der Waals surface area (Å²) in [4.78, 5) is 11.9. The first-order valence-electron chi connectivity index (χ1n) is 8.60. The number of hydrogen-bond acceptors (Lipinski definition) is 3. The number of allylic oxidation sites excluding steroid dienone is 2. The standard InChI is InChI=1S/C21H20N2O2/c24-21(23-22-20-13-17-7-4-8-19(17)20)14-25-18-11-9-16(10-12-18)15-5-2-1-3-6-15/h1-7,9-12,17,19H,8,13-14H2,(H,23,24)/b22-20-/t17-,19+/m0/s1. The van der Waals surface area contributed by atoms with Crippen LogP contribution in [0.4, 0.5) is 0 Å². The zero-order chi connectivity index (χ0) is 17.1. The zero-order valence-corrected chi connectivity index (χ0v) is 13.9. The fourth-order valence-electron chi connectivity index (χ4n) is 3.35. The van der Waals surface area contributed by atoms with Gasteiger partial charge in [-0.25, -0.2) is 5.43 Å². The molecule has 1 saturated carbocycles. The quantitative estimate of drug-likeness (QED) is 0.669. The van der Waals surface area contributed by atoms with Crippen molar-refractivity contribution in [3.63, 3.8) is 0 Å². The summed E-state index contributed by atoms with van der Waals surface area (Å²) in [6.45, 7) is -0.0339. The molecular formula is C21H20N2O2. The molecule has 0 bridgehead atoms. The van der Waals surface area contributed by atoms with E-state index >= 15 is 0 Å². The highest BCUT2D eigenvalue weighted by Gasteiger charge is 2.37. The third kappa shape index (κ3) is 3.48. The summed E-state index contributed by atoms with van der Waals surface area (Å²) in [6, 6.07) is 17.9. The van der Waals surface area contributed by atoms with E-state index in [1.165, 1.54) is 0 Å². The Labute approximate surface area is 147 Å². The lowest BCUT2D eigenvalue weighted by atomic mass is 9.74. The molecule has 1 fully saturated rings. The molecule has 0 aliphatic heterocycles. The number of hydrazone groups is 1. The van der Waals surface area contributed by atoms with E-state index in [0.717, 1.165) is 29.7 Å². The molecule has 2 atom stereocenters. The average molecular weight is 332 g/mol. The number of nitrogens with one attached hydrogen (secondary N) is 1. The van der Waals surface area contributed by atoms with Crippen LogP contribution in [-0.2, 0) is 4.79 Å². The number of fused-ring (bicyclic) bond motifs is 1. The Balaban J connectivity index is 1.27. The lowest BCUT2D eigenvalue weighted by molar-refractivity contribution is -0.123. The molecule has 2 aliphatic rings. The van der Waals surface area contributed by atoms with E-state index in [4.69, 9.17) is 4.74 Å². The third-order valence-electron chi connectivity index (χ3n) is 4.82. The van der Waals surface area contributed by atoms with Gasteiger partial charge in [0, 0.05) is 11.6 Å². The Morgan fingerprint density at radius 3 is 2.60 bits per heavy atom. The van der Waals surface area contributed by atoms with Crippen molar-refractivity contribution in [1.82, 2.24) is 5.43 Å². The molecule has 4 nitrogen and oxygen atoms in total. The number of amides is 1. The van der Waals surface area contributed by atoms with Crippen molar-refractivity contribution in [2.45, 2.75) is 12.8 Å². The molecule has 2 aliphatic carbocycles. The van der Waals surface area contributed by atoms with Gasteiger partial charge in [-0.2, -0.15) is 5.10 Å². The molecule has 1 N–H and O–H groups in total. The molecule has 2 aromatic carbocycles. The van der Waals surface area contributed by atoms with Crippen LogP contribution in [0.1, 0.15) is 12.8 Å². The molecule has 0 aromatic heterocycles. The molecule has 1 amide bonds. The zero-order valence-electron chi connectivity index (χ0n) is 13.9. The summed E-state index contributed by atoms with van der Waals surface area (Å²) >= 11 is 0. The van der Waals surface area contributed by atoms with Gasteiger partial charge >= 0.3 is 0 Å². The Hall–Kier alpha value is -2.88. The average Bonchev–Trinajstić information content (AvgIpc) is 3.02. The monoisotopic (exact) mass is 332 g/mol. The SMILES string of the molecule is O=C(COc1ccc(-c2ccccc2)cc1)N/N=C1/C[C@@H]2C=CC[C@@H]12. The van der Waals surface area contributed by atoms with Crippen LogP contribution in [0, 0.1) is 11.8 Å². The molecule has 0 spiro atoms. The van der Waals surface area contributed by atoms with Crippen molar-refractivity contribution >= 4 is 11.6 Å². The predicted molar refractivity (Wildman–Crippen MR) is 98.3 cm³/mol. The second-order valence-corrected chi connectivity index (χ2v) is 6.46. The van der Waals surface area contributed by atoms with Crippen LogP contribution in [0.25, 0.3) is 11.1 Å². The van der Waals surface area contributed by atoms with Crippen LogP contribution < -0.4 is 10.2 Å². The highest BCUT2D eigenvalue weighted by atomic mass is 16.5. The van der Waals surface area contributed by atoms with Gasteiger partial charge in [0.05, 0.1) is 0 Å². The molecular weight excluding hydrogens is 312 g/mol. The van der Waals surface area contributed by atoms with Gasteiger partial charge in [-0.3, -0.25) is 4.79 Å². The molecule has 126 valence electrons. The van der Waals surface area contributed by atoms with E-state index in [0.29, 0.717) is 17.6 Å². The number of carbonyl (C=O) groups excluding carboxylic acids is 1. The molecule has 0 saturated heterocycles. The van der Waals surface area contributed by atoms with Crippen LogP contribution in [0.3, 0.4) is 0 Å². The fraction of sp³-hybridized carbons (Fsp3) is 0.238. The van der Waals surface area contributed by atoms with Crippen molar-refractivity contribution in [3.8, 4) is 16.9 Å². The minimum Gasteiger partial charge on any atom is -0.484 e. The van der Waals surface area contributed by atoms with Gasteiger partial charge in [0.15, 0.2) is 6.61 Å². The van der Waals surface area contributed by atoms with Gasteiger partial charge in [0.2, 0.25) is 0 Å². The molecule has 0 radical (unpaired) electrons. The summed E-state index contributed by atoms with van der Waals surface area (Å²) in [7, 11) is 0. The van der Waals surface area contributed by atoms with Crippen molar-refractivity contribution in [2.24, 2.45) is 16.9 Å². The van der Waals surface area contributed by atoms with Gasteiger partial charge in [-0.05, 0) is 42.0 Å². The number of ether oxygens (including phenoxy) is 1. The van der Waals surface area contributed by atoms with Crippen molar-refractivity contribution < 1.29 is 9.53 Å². The molecule has 0 unspecified atom stereocenters. The van der Waals surface area contributed by atoms with Crippen LogP contribution >= 0.6 is 0 Å². The largest absolute Gasteiger partial charge is 0.484 e. The Morgan fingerprint density at radius 1 is 1.08 bits per heavy atom. The molecule has 4 rings (SSSR count). The first kappa shape index (κ1) is 15.6. The van der Waals surface area contributed by atoms with Gasteiger partial charge < -0.3 is 4.74 Å². The van der Waals surface area contributed by atoms with E-state index in [1.54, 1.807) is 0 Å². The number of nitrogens with zero attached hydrogens (tertiary/aromatic N) is 1. The molecule has 2 aromatic rings. The second kappa shape index (κ2) is 6.93. The predicted octanol–water partition coefficient (Wildman–Crippen LogP) is 3.80. The van der Waals surface area contributed by atoms with Crippen LogP contribution in [0.5, 0.6) is 5.75 Å². The molecule has 25 heavy (non-hydrogen) atoms. The number of rotatable bonds is 5. The maximum Gasteiger partial charge on any atom is 0.277 e. The van der Waals surface area contributed by atoms with E-state index < -0.39 is 0 Å². The first-order chi connectivity index (χ1) is 12.3. The Bertz CT molecular complexity index is 810. The van der Waals surface area contributed by atoms with Gasteiger partial charge in [0.25, 0.3) is 5.91 Å². The number of benzene rings is 2. The van der Waals surface area contributed by atoms with Crippen LogP contribution in [0.2, 0.25) is 0 Å². The fourth-order valence-corrected chi connectivity index (χ4v) is 3.35. The van der Waals surface area contributed by atoms with Crippen LogP contribution in [-0.4, -0.2) is 18.2 Å². The van der Waals surface area contributed by atoms with Crippen molar-refractivity contribution in [3.05, 3.63) is 66.7 Å². The van der Waals surface area contributed by atoms with E-state index in [9.17, 15) is 4.79 Å². The number of hydrogen-bond donors (Lipinski definition) is 1. The lowest BCUT2D eigenvalue weighted by Crippen LogP contribution is -2.36. The highest BCUT2D eigenvalue weighted by Crippen LogP contribution is 2.40. The maximum atomic E-state index is 11.9. The van der Waals surface area contributed by atoms with Gasteiger partial charge in [-0.1, -0.05) is 54.6 Å². The van der Waals surface area contributed by atoms with E-state index in [-0.39, 0.29) is 12.5 Å². The summed E-state index contributed by atoms with van der Waals surface area (Å²) in [5, 5.41) is 4.24. The smallest absolute Gasteiger partial charge is 0.277 e. The molecule has 0 heterocycles. The maximum absolute atomic E-state index is 11.9. The van der Waals surface area contributed by atoms with Crippen molar-refractivity contribution in [2.75, 3.05) is 6.61 Å². The summed E-state index contributed by atoms with van der Waals surface area (Å²) in [5.41, 5.74) is 5.97. The Kier molecular flexibility index (Phi) is 4.34. The minimum absolute atomic E-state index is 0.0339. The number of carbonyl (C=O) groups is 1. The summed E-state index contributed by atoms with van der Waals surface area (Å²) in [6.07, 6.45) is 6.45. The summed E-state index contributed by atoms with van der Waals surface area (Å²) in [5.74, 6) is 1.59. The first-order valence-corrected chi connectivity index (χ1v) is 8.60. The lowest BCUT2D eigenvalue weighted by Gasteiger charge is -2.31. The van der Waals surface area contributed by atoms with E-state index in [2.05, 4.69) is 34.8 Å². The normalized spacial score (nSPS) is 22.3. The van der Waals surface area contributed by atoms with Gasteiger partial charge in [0.1, 0.15) is 5.75 Å². The van der Waals surface area contributed by atoms with Crippen LogP contribution in [0.15, 0.2) is 71.9 Å². The molecule has 4 heteroatoms. The highest BCUT2D eigenvalue weighted by molar-refractivity contribution is 5.94. The van der Waals surface area contributed by atoms with Crippen molar-refractivity contribution in [1.29, 1.82) is 0 Å². The summed E-state index contributed by atoms with van der Waals surface area (Å²) < 4.78 is 5.54. The Morgan fingerprint density at radius 2 is 1.84 bits per heavy atom. The second-order valence-electron chi connectivity index (χ2n) is 6.46. The van der Waals surface area contributed by atoms with E-state index in [1.807, 2.05) is 42.5 Å². The minimum atomic E-state index is -0.228. The topological polar surface area (TPSA) is 50.7 Å². The van der Waals surface area contributed by atoms with Gasteiger partial charge in [-0.15, -0.1) is 0 Å². The third-order valence-corrected chi connectivity index (χ3v) is 4.82.